The molecule has 0 aromatic carbocycles. The summed E-state index contributed by atoms with van der Waals surface area (Å²) in [5.41, 5.74) is 0. The predicted molar refractivity (Wildman–Crippen MR) is 64.3 cm³/mol. The van der Waals surface area contributed by atoms with E-state index in [0.717, 1.165) is 25.8 Å². The lowest BCUT2D eigenvalue weighted by Crippen LogP contribution is -2.41. The average molecular weight is 258 g/mol. The summed E-state index contributed by atoms with van der Waals surface area (Å²) in [6.07, 6.45) is 7.46. The van der Waals surface area contributed by atoms with Gasteiger partial charge in [0.05, 0.1) is 18.0 Å². The summed E-state index contributed by atoms with van der Waals surface area (Å²) in [6, 6.07) is 0.0912. The van der Waals surface area contributed by atoms with Crippen molar-refractivity contribution < 1.29 is 8.42 Å². The molecule has 1 fully saturated rings. The van der Waals surface area contributed by atoms with Crippen LogP contribution in [0.4, 0.5) is 0 Å². The molecular weight excluding hydrogens is 240 g/mol. The molecule has 2 rings (SSSR count). The highest BCUT2D eigenvalue weighted by atomic mass is 32.2. The van der Waals surface area contributed by atoms with Crippen LogP contribution in [-0.4, -0.2) is 47.5 Å². The van der Waals surface area contributed by atoms with E-state index >= 15 is 0 Å². The van der Waals surface area contributed by atoms with Crippen LogP contribution < -0.4 is 5.32 Å². The van der Waals surface area contributed by atoms with Crippen LogP contribution in [0.3, 0.4) is 0 Å². The monoisotopic (exact) mass is 258 g/mol. The Morgan fingerprint density at radius 2 is 2.29 bits per heavy atom. The molecule has 0 spiro atoms. The van der Waals surface area contributed by atoms with Gasteiger partial charge in [0.1, 0.15) is 0 Å². The van der Waals surface area contributed by atoms with Gasteiger partial charge in [0.15, 0.2) is 9.84 Å². The van der Waals surface area contributed by atoms with Crippen molar-refractivity contribution in [2.45, 2.75) is 37.1 Å². The van der Waals surface area contributed by atoms with Crippen molar-refractivity contribution in [1.82, 2.24) is 20.3 Å². The molecule has 7 heteroatoms. The minimum Gasteiger partial charge on any atom is -0.311 e. The number of nitrogens with one attached hydrogen (secondary N) is 1. The Kier molecular flexibility index (Phi) is 3.78. The molecule has 96 valence electrons. The van der Waals surface area contributed by atoms with E-state index < -0.39 is 9.84 Å². The number of sulfone groups is 1. The molecule has 2 unspecified atom stereocenters. The highest BCUT2D eigenvalue weighted by Crippen LogP contribution is 2.24. The summed E-state index contributed by atoms with van der Waals surface area (Å²) in [5.74, 6) is 0. The van der Waals surface area contributed by atoms with E-state index in [-0.39, 0.29) is 11.3 Å². The minimum absolute atomic E-state index is 0.0912. The number of rotatable bonds is 5. The van der Waals surface area contributed by atoms with Gasteiger partial charge in [-0.15, -0.1) is 5.10 Å². The first kappa shape index (κ1) is 12.5. The summed E-state index contributed by atoms with van der Waals surface area (Å²) >= 11 is 0. The second-order valence-electron chi connectivity index (χ2n) is 4.53. The fourth-order valence-corrected chi connectivity index (χ4v) is 3.81. The third kappa shape index (κ3) is 3.26. The van der Waals surface area contributed by atoms with Crippen molar-refractivity contribution in [2.24, 2.45) is 0 Å². The molecular formula is C10H18N4O2S. The van der Waals surface area contributed by atoms with E-state index in [9.17, 15) is 8.42 Å². The zero-order valence-electron chi connectivity index (χ0n) is 9.91. The van der Waals surface area contributed by atoms with Gasteiger partial charge in [-0.05, 0) is 12.8 Å². The van der Waals surface area contributed by atoms with Crippen LogP contribution in [-0.2, 0) is 16.4 Å². The maximum atomic E-state index is 11.6. The van der Waals surface area contributed by atoms with Crippen LogP contribution in [0.15, 0.2) is 12.4 Å². The molecule has 0 bridgehead atoms. The third-order valence-electron chi connectivity index (χ3n) is 3.22. The van der Waals surface area contributed by atoms with Crippen molar-refractivity contribution in [3.05, 3.63) is 12.4 Å². The minimum atomic E-state index is -2.93. The average Bonchev–Trinajstić information content (AvgIpc) is 2.86. The van der Waals surface area contributed by atoms with E-state index in [2.05, 4.69) is 15.6 Å². The van der Waals surface area contributed by atoms with E-state index in [1.54, 1.807) is 17.1 Å². The number of hydrogen-bond donors (Lipinski definition) is 1. The van der Waals surface area contributed by atoms with E-state index in [0.29, 0.717) is 6.54 Å². The molecule has 17 heavy (non-hydrogen) atoms. The Balaban J connectivity index is 1.82. The summed E-state index contributed by atoms with van der Waals surface area (Å²) in [6.45, 7) is 1.44. The molecule has 1 N–H and O–H groups in total. The van der Waals surface area contributed by atoms with Crippen molar-refractivity contribution in [1.29, 1.82) is 0 Å². The predicted octanol–water partition coefficient (Wildman–Crippen LogP) is -0.167. The highest BCUT2D eigenvalue weighted by Gasteiger charge is 2.34. The van der Waals surface area contributed by atoms with Gasteiger partial charge in [-0.25, -0.2) is 8.42 Å². The van der Waals surface area contributed by atoms with E-state index in [1.807, 2.05) is 0 Å². The zero-order chi connectivity index (χ0) is 12.3. The van der Waals surface area contributed by atoms with Crippen molar-refractivity contribution in [3.8, 4) is 0 Å². The summed E-state index contributed by atoms with van der Waals surface area (Å²) in [7, 11) is -2.93. The topological polar surface area (TPSA) is 76.9 Å². The van der Waals surface area contributed by atoms with Crippen LogP contribution in [0, 0.1) is 0 Å². The van der Waals surface area contributed by atoms with Gasteiger partial charge in [0.2, 0.25) is 0 Å². The smallest absolute Gasteiger partial charge is 0.151 e. The molecule has 1 aliphatic carbocycles. The second-order valence-corrected chi connectivity index (χ2v) is 6.79. The molecule has 0 amide bonds. The van der Waals surface area contributed by atoms with Crippen LogP contribution in [0.2, 0.25) is 0 Å². The van der Waals surface area contributed by atoms with Gasteiger partial charge in [-0.2, -0.15) is 0 Å². The first-order valence-corrected chi connectivity index (χ1v) is 7.79. The second kappa shape index (κ2) is 5.14. The molecule has 1 saturated carbocycles. The Bertz CT molecular complexity index is 443. The summed E-state index contributed by atoms with van der Waals surface area (Å²) in [4.78, 5) is 0. The molecule has 1 heterocycles. The number of nitrogens with zero attached hydrogens (tertiary/aromatic N) is 3. The van der Waals surface area contributed by atoms with Gasteiger partial charge in [0.25, 0.3) is 0 Å². The molecule has 6 nitrogen and oxygen atoms in total. The number of aromatic nitrogens is 3. The summed E-state index contributed by atoms with van der Waals surface area (Å²) < 4.78 is 24.9. The van der Waals surface area contributed by atoms with Crippen LogP contribution in [0.1, 0.15) is 19.3 Å². The maximum absolute atomic E-state index is 11.6. The Hall–Kier alpha value is -0.950. The molecule has 1 aromatic rings. The first-order chi connectivity index (χ1) is 8.07. The van der Waals surface area contributed by atoms with Gasteiger partial charge in [-0.1, -0.05) is 11.6 Å². The van der Waals surface area contributed by atoms with E-state index in [4.69, 9.17) is 0 Å². The first-order valence-electron chi connectivity index (χ1n) is 5.84. The SMILES string of the molecule is CS(=O)(=O)C1CCCC1NCCn1ccnn1. The van der Waals surface area contributed by atoms with Crippen LogP contribution in [0.5, 0.6) is 0 Å². The third-order valence-corrected chi connectivity index (χ3v) is 4.89. The Morgan fingerprint density at radius 1 is 1.47 bits per heavy atom. The van der Waals surface area contributed by atoms with Crippen molar-refractivity contribution in [2.75, 3.05) is 12.8 Å². The lowest BCUT2D eigenvalue weighted by Gasteiger charge is -2.19. The van der Waals surface area contributed by atoms with E-state index in [1.165, 1.54) is 6.26 Å². The largest absolute Gasteiger partial charge is 0.311 e. The number of hydrogen-bond acceptors (Lipinski definition) is 5. The normalized spacial score (nSPS) is 25.2. The molecule has 0 saturated heterocycles. The zero-order valence-corrected chi connectivity index (χ0v) is 10.7. The fraction of sp³-hybridized carbons (Fsp3) is 0.800. The quantitative estimate of drug-likeness (QED) is 0.793. The Labute approximate surface area is 101 Å². The fourth-order valence-electron chi connectivity index (χ4n) is 2.39. The molecule has 0 radical (unpaired) electrons. The Morgan fingerprint density at radius 3 is 2.94 bits per heavy atom. The lowest BCUT2D eigenvalue weighted by molar-refractivity contribution is 0.469. The van der Waals surface area contributed by atoms with Gasteiger partial charge in [-0.3, -0.25) is 4.68 Å². The van der Waals surface area contributed by atoms with Crippen LogP contribution in [0.25, 0.3) is 0 Å². The summed E-state index contributed by atoms with van der Waals surface area (Å²) in [5, 5.41) is 10.7. The lowest BCUT2D eigenvalue weighted by atomic mass is 10.2. The van der Waals surface area contributed by atoms with Crippen LogP contribution >= 0.6 is 0 Å². The molecule has 1 aliphatic rings. The van der Waals surface area contributed by atoms with Gasteiger partial charge in [0, 0.05) is 25.0 Å². The van der Waals surface area contributed by atoms with Crippen molar-refractivity contribution >= 4 is 9.84 Å². The maximum Gasteiger partial charge on any atom is 0.151 e. The molecule has 2 atom stereocenters. The van der Waals surface area contributed by atoms with Gasteiger partial charge < -0.3 is 5.32 Å². The molecule has 0 aliphatic heterocycles. The molecule has 1 aromatic heterocycles. The van der Waals surface area contributed by atoms with Gasteiger partial charge >= 0.3 is 0 Å². The highest BCUT2D eigenvalue weighted by molar-refractivity contribution is 7.91. The van der Waals surface area contributed by atoms with Crippen molar-refractivity contribution in [3.63, 3.8) is 0 Å². The standard InChI is InChI=1S/C10H18N4O2S/c1-17(15,16)10-4-2-3-9(10)11-5-7-14-8-6-12-13-14/h6,8-11H,2-5,7H2,1H3.